The Bertz CT molecular complexity index is 75.0. The van der Waals surface area contributed by atoms with Crippen molar-refractivity contribution in [3.05, 3.63) is 15.9 Å². The van der Waals surface area contributed by atoms with Crippen molar-refractivity contribution >= 4 is 34.8 Å². The molecule has 0 fully saturated rings. The molecule has 0 rings (SSSR count). The van der Waals surface area contributed by atoms with Gasteiger partial charge in [-0.05, 0) is 6.92 Å². The summed E-state index contributed by atoms with van der Waals surface area (Å²) < 4.78 is 0. The van der Waals surface area contributed by atoms with Gasteiger partial charge in [0.15, 0.2) is 4.84 Å². The zero-order valence-corrected chi connectivity index (χ0v) is 5.98. The van der Waals surface area contributed by atoms with Crippen LogP contribution < -0.4 is 0 Å². The predicted molar refractivity (Wildman–Crippen MR) is 34.6 cm³/mol. The lowest BCUT2D eigenvalue weighted by Gasteiger charge is -1.90. The summed E-state index contributed by atoms with van der Waals surface area (Å²) in [5.41, 5.74) is 0. The number of rotatable bonds is 1. The summed E-state index contributed by atoms with van der Waals surface area (Å²) in [6.45, 7) is 1.76. The first-order chi connectivity index (χ1) is 3.18. The lowest BCUT2D eigenvalue weighted by atomic mass is 10.6. The molecule has 7 heavy (non-hydrogen) atoms. The molecular formula is C4H4Cl3. The van der Waals surface area contributed by atoms with E-state index in [1.54, 1.807) is 13.0 Å². The molecule has 41 valence electrons. The molecule has 0 saturated carbocycles. The highest BCUT2D eigenvalue weighted by Gasteiger charge is 2.01. The van der Waals surface area contributed by atoms with Crippen molar-refractivity contribution in [2.45, 2.75) is 6.92 Å². The predicted octanol–water partition coefficient (Wildman–Crippen LogP) is 3.10. The lowest BCUT2D eigenvalue weighted by molar-refractivity contribution is 1.65. The van der Waals surface area contributed by atoms with Crippen molar-refractivity contribution in [3.8, 4) is 0 Å². The molecule has 0 bridgehead atoms. The molecule has 0 aliphatic carbocycles. The first kappa shape index (κ1) is 7.61. The Labute approximate surface area is 58.1 Å². The van der Waals surface area contributed by atoms with E-state index >= 15 is 0 Å². The third-order valence-electron chi connectivity index (χ3n) is 0.434. The molecule has 3 heteroatoms. The average molecular weight is 158 g/mol. The molecule has 1 radical (unpaired) electrons. The van der Waals surface area contributed by atoms with E-state index in [0.717, 1.165) is 0 Å². The van der Waals surface area contributed by atoms with Crippen LogP contribution in [-0.2, 0) is 0 Å². The van der Waals surface area contributed by atoms with Gasteiger partial charge in [0, 0.05) is 0 Å². The Balaban J connectivity index is 3.56. The lowest BCUT2D eigenvalue weighted by Crippen LogP contribution is -1.70. The van der Waals surface area contributed by atoms with E-state index in [1.165, 1.54) is 0 Å². The summed E-state index contributed by atoms with van der Waals surface area (Å²) in [4.78, 5) is 0.115. The largest absolute Gasteiger partial charge is 0.190 e. The SMILES string of the molecule is C/C=C(\Cl)[C](Cl)Cl. The second kappa shape index (κ2) is 3.59. The highest BCUT2D eigenvalue weighted by molar-refractivity contribution is 6.60. The van der Waals surface area contributed by atoms with Gasteiger partial charge in [-0.2, -0.15) is 0 Å². The Morgan fingerprint density at radius 3 is 1.71 bits per heavy atom. The fraction of sp³-hybridized carbons (Fsp3) is 0.250. The highest BCUT2D eigenvalue weighted by Crippen LogP contribution is 2.25. The topological polar surface area (TPSA) is 0 Å². The molecule has 0 aliphatic heterocycles. The highest BCUT2D eigenvalue weighted by atomic mass is 35.5. The van der Waals surface area contributed by atoms with E-state index in [2.05, 4.69) is 0 Å². The van der Waals surface area contributed by atoms with Gasteiger partial charge in [0.05, 0.1) is 5.03 Å². The Morgan fingerprint density at radius 2 is 1.71 bits per heavy atom. The molecule has 0 heterocycles. The van der Waals surface area contributed by atoms with E-state index in [1.807, 2.05) is 0 Å². The van der Waals surface area contributed by atoms with Crippen LogP contribution in [-0.4, -0.2) is 0 Å². The summed E-state index contributed by atoms with van der Waals surface area (Å²) in [6, 6.07) is 0. The van der Waals surface area contributed by atoms with Crippen molar-refractivity contribution in [1.29, 1.82) is 0 Å². The van der Waals surface area contributed by atoms with E-state index in [9.17, 15) is 0 Å². The van der Waals surface area contributed by atoms with Crippen LogP contribution in [0.1, 0.15) is 6.92 Å². The van der Waals surface area contributed by atoms with Crippen LogP contribution in [0.15, 0.2) is 11.1 Å². The number of hydrogen-bond acceptors (Lipinski definition) is 0. The van der Waals surface area contributed by atoms with Gasteiger partial charge in [0.1, 0.15) is 0 Å². The van der Waals surface area contributed by atoms with Crippen molar-refractivity contribution in [2.24, 2.45) is 0 Å². The first-order valence-corrected chi connectivity index (χ1v) is 2.82. The van der Waals surface area contributed by atoms with Gasteiger partial charge in [-0.1, -0.05) is 40.9 Å². The van der Waals surface area contributed by atoms with Gasteiger partial charge >= 0.3 is 0 Å². The molecule has 0 aromatic carbocycles. The van der Waals surface area contributed by atoms with Gasteiger partial charge in [-0.15, -0.1) is 0 Å². The maximum absolute atomic E-state index is 5.36. The number of halogens is 3. The molecule has 0 spiro atoms. The molecule has 0 amide bonds. The van der Waals surface area contributed by atoms with Crippen LogP contribution in [0.2, 0.25) is 0 Å². The average Bonchev–Trinajstić information content (AvgIpc) is 1.65. The third-order valence-corrected chi connectivity index (χ3v) is 1.44. The van der Waals surface area contributed by atoms with Gasteiger partial charge in [-0.3, -0.25) is 0 Å². The molecule has 0 aromatic heterocycles. The van der Waals surface area contributed by atoms with Crippen molar-refractivity contribution in [3.63, 3.8) is 0 Å². The van der Waals surface area contributed by atoms with Crippen LogP contribution in [0.5, 0.6) is 0 Å². The zero-order chi connectivity index (χ0) is 5.86. The van der Waals surface area contributed by atoms with E-state index in [-0.39, 0.29) is 4.84 Å². The van der Waals surface area contributed by atoms with E-state index in [0.29, 0.717) is 5.03 Å². The normalized spacial score (nSPS) is 13.0. The fourth-order valence-corrected chi connectivity index (χ4v) is 0.327. The summed E-state index contributed by atoms with van der Waals surface area (Å²) in [6.07, 6.45) is 1.62. The third kappa shape index (κ3) is 3.22. The van der Waals surface area contributed by atoms with Gasteiger partial charge < -0.3 is 0 Å². The van der Waals surface area contributed by atoms with Crippen molar-refractivity contribution < 1.29 is 0 Å². The zero-order valence-electron chi connectivity index (χ0n) is 3.71. The molecular weight excluding hydrogens is 154 g/mol. The summed E-state index contributed by atoms with van der Waals surface area (Å²) >= 11 is 15.8. The van der Waals surface area contributed by atoms with Crippen LogP contribution in [0.3, 0.4) is 0 Å². The van der Waals surface area contributed by atoms with Crippen LogP contribution in [0.25, 0.3) is 0 Å². The van der Waals surface area contributed by atoms with Gasteiger partial charge in [-0.25, -0.2) is 0 Å². The van der Waals surface area contributed by atoms with Crippen molar-refractivity contribution in [2.75, 3.05) is 0 Å². The Morgan fingerprint density at radius 1 is 1.29 bits per heavy atom. The first-order valence-electron chi connectivity index (χ1n) is 1.68. The Hall–Kier alpha value is 0.610. The molecule has 0 N–H and O–H groups in total. The standard InChI is InChI=1S/C4H4Cl3/c1-2-3(5)4(6)7/h2H,1H3/b3-2-. The number of hydrogen-bond donors (Lipinski definition) is 0. The monoisotopic (exact) mass is 157 g/mol. The molecule has 0 unspecified atom stereocenters. The molecule has 0 nitrogen and oxygen atoms in total. The molecule has 0 aromatic rings. The number of allylic oxidation sites excluding steroid dienone is 2. The molecule has 0 saturated heterocycles. The quantitative estimate of drug-likeness (QED) is 0.550. The van der Waals surface area contributed by atoms with E-state index in [4.69, 9.17) is 34.8 Å². The van der Waals surface area contributed by atoms with Crippen LogP contribution in [0.4, 0.5) is 0 Å². The minimum absolute atomic E-state index is 0.115. The second-order valence-electron chi connectivity index (χ2n) is 0.897. The van der Waals surface area contributed by atoms with Crippen LogP contribution >= 0.6 is 34.8 Å². The van der Waals surface area contributed by atoms with Crippen molar-refractivity contribution in [1.82, 2.24) is 0 Å². The maximum Gasteiger partial charge on any atom is 0.190 e. The van der Waals surface area contributed by atoms with Gasteiger partial charge in [0.25, 0.3) is 0 Å². The van der Waals surface area contributed by atoms with Crippen LogP contribution in [0, 0.1) is 4.84 Å². The smallest absolute Gasteiger partial charge is 0.0915 e. The maximum atomic E-state index is 5.36. The molecule has 0 atom stereocenters. The second-order valence-corrected chi connectivity index (χ2v) is 2.25. The summed E-state index contributed by atoms with van der Waals surface area (Å²) in [7, 11) is 0. The Kier molecular flexibility index (Phi) is 3.91. The summed E-state index contributed by atoms with van der Waals surface area (Å²) in [5, 5.41) is 0.392. The molecule has 0 aliphatic rings. The van der Waals surface area contributed by atoms with Gasteiger partial charge in [0.2, 0.25) is 0 Å². The fourth-order valence-electron chi connectivity index (χ4n) is 0.109. The van der Waals surface area contributed by atoms with E-state index < -0.39 is 0 Å². The minimum atomic E-state index is 0.115. The summed E-state index contributed by atoms with van der Waals surface area (Å²) in [5.74, 6) is 0. The minimum Gasteiger partial charge on any atom is -0.0915 e.